The van der Waals surface area contributed by atoms with Crippen LogP contribution in [0.5, 0.6) is 11.5 Å². The van der Waals surface area contributed by atoms with E-state index >= 15 is 0 Å². The van der Waals surface area contributed by atoms with E-state index in [1.165, 1.54) is 0 Å². The number of phenolic OH excluding ortho intramolecular Hbond substituents is 1. The quantitative estimate of drug-likeness (QED) is 0.748. The summed E-state index contributed by atoms with van der Waals surface area (Å²) < 4.78 is 5.13. The van der Waals surface area contributed by atoms with Crippen LogP contribution in [0.2, 0.25) is 0 Å². The lowest BCUT2D eigenvalue weighted by Gasteiger charge is -2.13. The molecule has 3 N–H and O–H groups in total. The highest BCUT2D eigenvalue weighted by atomic mass is 16.5. The maximum absolute atomic E-state index is 9.92. The van der Waals surface area contributed by atoms with Crippen molar-refractivity contribution >= 4 is 0 Å². The number of phenols is 1. The molecule has 1 rings (SSSR count). The predicted octanol–water partition coefficient (Wildman–Crippen LogP) is 2.02. The van der Waals surface area contributed by atoms with Crippen LogP contribution < -0.4 is 10.5 Å². The molecule has 1 atom stereocenters. The fourth-order valence-corrected chi connectivity index (χ4v) is 1.67. The van der Waals surface area contributed by atoms with E-state index < -0.39 is 0 Å². The molecule has 16 heavy (non-hydrogen) atoms. The first kappa shape index (κ1) is 12.6. The highest BCUT2D eigenvalue weighted by Gasteiger charge is 2.11. The minimum atomic E-state index is 0.00888. The summed E-state index contributed by atoms with van der Waals surface area (Å²) in [6.45, 7) is 5.61. The van der Waals surface area contributed by atoms with Crippen LogP contribution in [0.15, 0.2) is 24.8 Å². The van der Waals surface area contributed by atoms with Crippen molar-refractivity contribution in [2.45, 2.75) is 25.8 Å². The average Bonchev–Trinajstić information content (AvgIpc) is 2.22. The minimum Gasteiger partial charge on any atom is -0.504 e. The summed E-state index contributed by atoms with van der Waals surface area (Å²) in [5, 5.41) is 9.92. The predicted molar refractivity (Wildman–Crippen MR) is 65.9 cm³/mol. The number of rotatable bonds is 5. The van der Waals surface area contributed by atoms with E-state index in [0.29, 0.717) is 12.2 Å². The molecule has 1 aromatic rings. The summed E-state index contributed by atoms with van der Waals surface area (Å²) in [6.07, 6.45) is 3.21. The standard InChI is InChI=1S/C13H19NO2/c1-4-5-10-7-11(6-9(2)14)13(15)12(8-10)16-3/h4,7-9,15H,1,5-6,14H2,2-3H3. The van der Waals surface area contributed by atoms with E-state index in [1.807, 2.05) is 25.1 Å². The number of methoxy groups -OCH3 is 1. The number of nitrogens with two attached hydrogens (primary N) is 1. The van der Waals surface area contributed by atoms with Gasteiger partial charge in [0, 0.05) is 6.04 Å². The third kappa shape index (κ3) is 3.00. The molecule has 0 spiro atoms. The number of hydrogen-bond donors (Lipinski definition) is 2. The van der Waals surface area contributed by atoms with Gasteiger partial charge >= 0.3 is 0 Å². The first-order valence-corrected chi connectivity index (χ1v) is 5.33. The summed E-state index contributed by atoms with van der Waals surface area (Å²) in [5.74, 6) is 0.683. The second-order valence-corrected chi connectivity index (χ2v) is 3.98. The van der Waals surface area contributed by atoms with Gasteiger partial charge in [0.1, 0.15) is 0 Å². The highest BCUT2D eigenvalue weighted by Crippen LogP contribution is 2.32. The molecule has 0 radical (unpaired) electrons. The van der Waals surface area contributed by atoms with Crippen LogP contribution >= 0.6 is 0 Å². The number of aromatic hydroxyl groups is 1. The number of benzene rings is 1. The van der Waals surface area contributed by atoms with Crippen LogP contribution in [-0.2, 0) is 12.8 Å². The van der Waals surface area contributed by atoms with Gasteiger partial charge in [0.25, 0.3) is 0 Å². The normalized spacial score (nSPS) is 12.2. The van der Waals surface area contributed by atoms with Crippen LogP contribution in [0.1, 0.15) is 18.1 Å². The molecule has 0 aliphatic heterocycles. The van der Waals surface area contributed by atoms with Crippen LogP contribution in [0.4, 0.5) is 0 Å². The summed E-state index contributed by atoms with van der Waals surface area (Å²) in [4.78, 5) is 0. The average molecular weight is 221 g/mol. The second kappa shape index (κ2) is 5.56. The van der Waals surface area contributed by atoms with Crippen LogP contribution in [0.3, 0.4) is 0 Å². The minimum absolute atomic E-state index is 0.00888. The summed E-state index contributed by atoms with van der Waals surface area (Å²) in [7, 11) is 1.54. The van der Waals surface area contributed by atoms with Gasteiger partial charge in [-0.15, -0.1) is 6.58 Å². The van der Waals surface area contributed by atoms with Crippen LogP contribution in [-0.4, -0.2) is 18.3 Å². The van der Waals surface area contributed by atoms with Crippen molar-refractivity contribution in [2.24, 2.45) is 5.73 Å². The Morgan fingerprint density at radius 3 is 2.75 bits per heavy atom. The molecule has 0 fully saturated rings. The summed E-state index contributed by atoms with van der Waals surface area (Å²) in [6, 6.07) is 3.78. The molecular formula is C13H19NO2. The van der Waals surface area contributed by atoms with Crippen molar-refractivity contribution in [3.05, 3.63) is 35.9 Å². The van der Waals surface area contributed by atoms with Crippen molar-refractivity contribution in [3.63, 3.8) is 0 Å². The third-order valence-corrected chi connectivity index (χ3v) is 2.36. The Hall–Kier alpha value is -1.48. The topological polar surface area (TPSA) is 55.5 Å². The zero-order chi connectivity index (χ0) is 12.1. The largest absolute Gasteiger partial charge is 0.504 e. The van der Waals surface area contributed by atoms with Gasteiger partial charge in [-0.25, -0.2) is 0 Å². The van der Waals surface area contributed by atoms with Crippen LogP contribution in [0, 0.1) is 0 Å². The molecular weight excluding hydrogens is 202 g/mol. The Morgan fingerprint density at radius 2 is 2.25 bits per heavy atom. The highest BCUT2D eigenvalue weighted by molar-refractivity contribution is 5.49. The fourth-order valence-electron chi connectivity index (χ4n) is 1.67. The molecule has 0 aliphatic rings. The molecule has 3 nitrogen and oxygen atoms in total. The van der Waals surface area contributed by atoms with Crippen molar-refractivity contribution in [3.8, 4) is 11.5 Å². The third-order valence-electron chi connectivity index (χ3n) is 2.36. The molecule has 88 valence electrons. The van der Waals surface area contributed by atoms with E-state index in [1.54, 1.807) is 7.11 Å². The summed E-state index contributed by atoms with van der Waals surface area (Å²) in [5.41, 5.74) is 7.63. The maximum Gasteiger partial charge on any atom is 0.161 e. The van der Waals surface area contributed by atoms with E-state index in [4.69, 9.17) is 10.5 Å². The van der Waals surface area contributed by atoms with E-state index in [0.717, 1.165) is 17.5 Å². The van der Waals surface area contributed by atoms with Gasteiger partial charge in [-0.05, 0) is 37.0 Å². The van der Waals surface area contributed by atoms with E-state index in [2.05, 4.69) is 6.58 Å². The van der Waals surface area contributed by atoms with Crippen molar-refractivity contribution < 1.29 is 9.84 Å². The SMILES string of the molecule is C=CCc1cc(CC(C)N)c(O)c(OC)c1. The van der Waals surface area contributed by atoms with Crippen LogP contribution in [0.25, 0.3) is 0 Å². The lowest BCUT2D eigenvalue weighted by atomic mass is 10.0. The smallest absolute Gasteiger partial charge is 0.161 e. The molecule has 0 amide bonds. The molecule has 0 aliphatic carbocycles. The maximum atomic E-state index is 9.92. The Balaban J connectivity index is 3.12. The lowest BCUT2D eigenvalue weighted by Crippen LogP contribution is -2.18. The van der Waals surface area contributed by atoms with Gasteiger partial charge in [0.2, 0.25) is 0 Å². The molecule has 3 heteroatoms. The monoisotopic (exact) mass is 221 g/mol. The fraction of sp³-hybridized carbons (Fsp3) is 0.385. The van der Waals surface area contributed by atoms with Crippen molar-refractivity contribution in [1.82, 2.24) is 0 Å². The van der Waals surface area contributed by atoms with Gasteiger partial charge in [0.15, 0.2) is 11.5 Å². The van der Waals surface area contributed by atoms with Gasteiger partial charge in [-0.1, -0.05) is 12.1 Å². The number of ether oxygens (including phenoxy) is 1. The first-order chi connectivity index (χ1) is 7.58. The Kier molecular flexibility index (Phi) is 4.38. The van der Waals surface area contributed by atoms with Gasteiger partial charge < -0.3 is 15.6 Å². The molecule has 0 heterocycles. The molecule has 1 aromatic carbocycles. The Morgan fingerprint density at radius 1 is 1.56 bits per heavy atom. The lowest BCUT2D eigenvalue weighted by molar-refractivity contribution is 0.369. The molecule has 0 bridgehead atoms. The van der Waals surface area contributed by atoms with Gasteiger partial charge in [-0.3, -0.25) is 0 Å². The zero-order valence-electron chi connectivity index (χ0n) is 9.86. The first-order valence-electron chi connectivity index (χ1n) is 5.33. The van der Waals surface area contributed by atoms with E-state index in [9.17, 15) is 5.11 Å². The number of allylic oxidation sites excluding steroid dienone is 1. The van der Waals surface area contributed by atoms with Gasteiger partial charge in [0.05, 0.1) is 7.11 Å². The number of hydrogen-bond acceptors (Lipinski definition) is 3. The second-order valence-electron chi connectivity index (χ2n) is 3.98. The van der Waals surface area contributed by atoms with E-state index in [-0.39, 0.29) is 11.8 Å². The molecule has 0 saturated carbocycles. The Bertz CT molecular complexity index is 372. The van der Waals surface area contributed by atoms with Gasteiger partial charge in [-0.2, -0.15) is 0 Å². The molecule has 1 unspecified atom stereocenters. The summed E-state index contributed by atoms with van der Waals surface area (Å²) >= 11 is 0. The molecule has 0 saturated heterocycles. The Labute approximate surface area is 96.5 Å². The molecule has 0 aromatic heterocycles. The zero-order valence-corrected chi connectivity index (χ0v) is 9.86. The van der Waals surface area contributed by atoms with Crippen molar-refractivity contribution in [2.75, 3.05) is 7.11 Å². The van der Waals surface area contributed by atoms with Crippen molar-refractivity contribution in [1.29, 1.82) is 0 Å².